The molecule has 0 bridgehead atoms. The van der Waals surface area contributed by atoms with Crippen LogP contribution in [-0.2, 0) is 9.13 Å². The van der Waals surface area contributed by atoms with Crippen LogP contribution in [0.4, 0.5) is 17.1 Å². The maximum Gasteiger partial charge on any atom is 0.172 e. The van der Waals surface area contributed by atoms with E-state index in [0.29, 0.717) is 5.30 Å². The molecule has 0 fully saturated rings. The lowest BCUT2D eigenvalue weighted by Crippen LogP contribution is -2.28. The summed E-state index contributed by atoms with van der Waals surface area (Å²) in [6.45, 7) is 0. The first-order valence-electron chi connectivity index (χ1n) is 22.6. The lowest BCUT2D eigenvalue weighted by atomic mass is 9.88. The van der Waals surface area contributed by atoms with Crippen LogP contribution < -0.4 is 42.0 Å². The summed E-state index contributed by atoms with van der Waals surface area (Å²) in [4.78, 5) is 7.47. The van der Waals surface area contributed by atoms with Gasteiger partial charge in [0.25, 0.3) is 0 Å². The molecule has 0 radical (unpaired) electrons. The van der Waals surface area contributed by atoms with E-state index in [-0.39, 0.29) is 6.17 Å². The molecule has 0 aliphatic carbocycles. The van der Waals surface area contributed by atoms with Gasteiger partial charge in [0.2, 0.25) is 0 Å². The number of aromatic nitrogens is 1. The van der Waals surface area contributed by atoms with Crippen molar-refractivity contribution in [3.8, 4) is 22.4 Å². The third kappa shape index (κ3) is 6.20. The van der Waals surface area contributed by atoms with Crippen LogP contribution in [0.3, 0.4) is 0 Å². The van der Waals surface area contributed by atoms with Crippen LogP contribution in [0.2, 0.25) is 0 Å². The minimum Gasteiger partial charge on any atom is -0.359 e. The number of benzene rings is 10. The number of pyridine rings is 1. The highest BCUT2D eigenvalue weighted by molar-refractivity contribution is 7.85. The first kappa shape index (κ1) is 39.5. The van der Waals surface area contributed by atoms with Crippen molar-refractivity contribution < 1.29 is 9.13 Å². The highest BCUT2D eigenvalue weighted by atomic mass is 31.2. The van der Waals surface area contributed by atoms with E-state index in [1.165, 1.54) is 11.1 Å². The Morgan fingerprint density at radius 1 is 0.418 bits per heavy atom. The molecule has 0 saturated heterocycles. The molecule has 1 aromatic heterocycles. The molecule has 0 saturated carbocycles. The fraction of sp³-hybridized carbons (Fsp3) is 0.0167. The number of nitrogens with one attached hydrogen (secondary N) is 1. The van der Waals surface area contributed by atoms with Gasteiger partial charge < -0.3 is 19.3 Å². The summed E-state index contributed by atoms with van der Waals surface area (Å²) in [5.41, 5.74) is 8.35. The van der Waals surface area contributed by atoms with Gasteiger partial charge in [-0.3, -0.25) is 4.98 Å². The van der Waals surface area contributed by atoms with Gasteiger partial charge in [-0.15, -0.1) is 0 Å². The van der Waals surface area contributed by atoms with E-state index in [1.807, 2.05) is 121 Å². The van der Waals surface area contributed by atoms with Gasteiger partial charge in [-0.05, 0) is 81.0 Å². The van der Waals surface area contributed by atoms with E-state index >= 15 is 9.13 Å². The van der Waals surface area contributed by atoms with Crippen LogP contribution in [0.5, 0.6) is 0 Å². The van der Waals surface area contributed by atoms with Crippen molar-refractivity contribution in [2.45, 2.75) is 6.17 Å². The largest absolute Gasteiger partial charge is 0.359 e. The van der Waals surface area contributed by atoms with Gasteiger partial charge in [0.1, 0.15) is 6.17 Å². The zero-order valence-electron chi connectivity index (χ0n) is 36.2. The van der Waals surface area contributed by atoms with Gasteiger partial charge in [0.15, 0.2) is 14.3 Å². The van der Waals surface area contributed by atoms with Crippen molar-refractivity contribution in [1.29, 1.82) is 0 Å². The molecule has 0 spiro atoms. The number of fused-ring (bicyclic) bond motifs is 12. The van der Waals surface area contributed by atoms with Gasteiger partial charge in [-0.2, -0.15) is 0 Å². The maximum absolute atomic E-state index is 15.9. The summed E-state index contributed by atoms with van der Waals surface area (Å²) >= 11 is 0. The normalized spacial score (nSPS) is 14.0. The second-order valence-corrected chi connectivity index (χ2v) is 23.0. The zero-order chi connectivity index (χ0) is 44.7. The number of rotatable bonds is 7. The molecule has 11 aromatic rings. The first-order valence-corrected chi connectivity index (χ1v) is 26.0. The van der Waals surface area contributed by atoms with Crippen molar-refractivity contribution in [3.63, 3.8) is 0 Å². The number of hydrogen-bond acceptors (Lipinski definition) is 5. The summed E-state index contributed by atoms with van der Waals surface area (Å²) in [5, 5.41) is 15.0. The Hall–Kier alpha value is -7.81. The van der Waals surface area contributed by atoms with Crippen molar-refractivity contribution >= 4 is 95.5 Å². The molecule has 2 aliphatic heterocycles. The highest BCUT2D eigenvalue weighted by Gasteiger charge is 2.40. The predicted molar refractivity (Wildman–Crippen MR) is 281 cm³/mol. The van der Waals surface area contributed by atoms with Crippen LogP contribution in [0, 0.1) is 0 Å². The monoisotopic (exact) mass is 897 g/mol. The smallest absolute Gasteiger partial charge is 0.172 e. The molecule has 1 atom stereocenters. The zero-order valence-corrected chi connectivity index (χ0v) is 38.0. The standard InChI is InChI=1S/C60H41N3O2P2/c64-66(46-17-3-1-4-18-46,47-19-5-2-6-20-47)50-29-34-57-58(38-50)63-59-52-31-26-45(35-44(52)25-32-54(59)53-21-11-12-22-55(53)60(63)62-57)56-33-30-51(39-61-56)67(65,48-27-23-40-13-7-9-15-42(40)36-48)49-28-24-41-14-8-10-16-43(41)37-49/h1-39,60,62H. The minimum atomic E-state index is -3.35. The van der Waals surface area contributed by atoms with Crippen molar-refractivity contribution in [2.75, 3.05) is 10.2 Å². The van der Waals surface area contributed by atoms with Crippen LogP contribution in [0.25, 0.3) is 54.7 Å². The molecular weight excluding hydrogens is 857 g/mol. The molecule has 3 heterocycles. The summed E-state index contributed by atoms with van der Waals surface area (Å²) < 4.78 is 31.5. The van der Waals surface area contributed by atoms with E-state index in [2.05, 4.69) is 125 Å². The topological polar surface area (TPSA) is 62.3 Å². The minimum absolute atomic E-state index is 0.165. The van der Waals surface area contributed by atoms with Gasteiger partial charge in [-0.25, -0.2) is 0 Å². The Balaban J connectivity index is 0.924. The number of anilines is 3. The van der Waals surface area contributed by atoms with E-state index in [0.717, 1.165) is 92.7 Å². The molecule has 13 rings (SSSR count). The Kier molecular flexibility index (Phi) is 9.09. The summed E-state index contributed by atoms with van der Waals surface area (Å²) in [6, 6.07) is 78.4. The summed E-state index contributed by atoms with van der Waals surface area (Å²) in [7, 11) is -6.60. The lowest BCUT2D eigenvalue weighted by molar-refractivity contribution is 0.591. The van der Waals surface area contributed by atoms with Crippen molar-refractivity contribution in [1.82, 2.24) is 4.98 Å². The third-order valence-corrected chi connectivity index (χ3v) is 19.8. The molecule has 7 heteroatoms. The van der Waals surface area contributed by atoms with E-state index < -0.39 is 14.3 Å². The van der Waals surface area contributed by atoms with Gasteiger partial charge >= 0.3 is 0 Å². The SMILES string of the molecule is O=P(c1ccccc1)(c1ccccc1)c1ccc2c(c1)N1c3c(ccc4cc(-c5ccc(P(=O)(c6ccc7ccccc7c6)c6ccc7ccccc7c6)cn5)ccc34)-c3ccccc3C1N2. The van der Waals surface area contributed by atoms with Gasteiger partial charge in [0.05, 0.1) is 22.8 Å². The first-order chi connectivity index (χ1) is 32.9. The predicted octanol–water partition coefficient (Wildman–Crippen LogP) is 12.7. The van der Waals surface area contributed by atoms with Crippen LogP contribution in [0.15, 0.2) is 237 Å². The molecule has 1 N–H and O–H groups in total. The molecule has 318 valence electrons. The van der Waals surface area contributed by atoms with Gasteiger partial charge in [0, 0.05) is 60.1 Å². The lowest BCUT2D eigenvalue weighted by Gasteiger charge is -2.36. The Bertz CT molecular complexity index is 3750. The molecule has 1 unspecified atom stereocenters. The number of nitrogens with zero attached hydrogens (tertiary/aromatic N) is 2. The molecule has 10 aromatic carbocycles. The maximum atomic E-state index is 15.9. The quantitative estimate of drug-likeness (QED) is 0.162. The molecule has 2 aliphatic rings. The fourth-order valence-electron chi connectivity index (χ4n) is 10.4. The molecule has 5 nitrogen and oxygen atoms in total. The van der Waals surface area contributed by atoms with Crippen LogP contribution in [-0.4, -0.2) is 4.98 Å². The molecule has 0 amide bonds. The van der Waals surface area contributed by atoms with Crippen molar-refractivity contribution in [2.24, 2.45) is 0 Å². The average molecular weight is 898 g/mol. The molecular formula is C60H41N3O2P2. The van der Waals surface area contributed by atoms with Gasteiger partial charge in [-0.1, -0.05) is 182 Å². The summed E-state index contributed by atoms with van der Waals surface area (Å²) in [5.74, 6) is 0. The van der Waals surface area contributed by atoms with Crippen LogP contribution in [0.1, 0.15) is 11.7 Å². The average Bonchev–Trinajstić information content (AvgIpc) is 3.79. The molecule has 67 heavy (non-hydrogen) atoms. The highest BCUT2D eigenvalue weighted by Crippen LogP contribution is 2.57. The fourth-order valence-corrected chi connectivity index (χ4v) is 15.7. The Morgan fingerprint density at radius 3 is 1.63 bits per heavy atom. The Labute approximate surface area is 388 Å². The summed E-state index contributed by atoms with van der Waals surface area (Å²) in [6.07, 6.45) is 1.65. The number of hydrogen-bond donors (Lipinski definition) is 1. The van der Waals surface area contributed by atoms with E-state index in [4.69, 9.17) is 4.98 Å². The van der Waals surface area contributed by atoms with E-state index in [1.54, 1.807) is 0 Å². The van der Waals surface area contributed by atoms with E-state index in [9.17, 15) is 0 Å². The second-order valence-electron chi connectivity index (χ2n) is 17.5. The van der Waals surface area contributed by atoms with Crippen LogP contribution >= 0.6 is 14.3 Å². The Morgan fingerprint density at radius 2 is 0.970 bits per heavy atom. The van der Waals surface area contributed by atoms with Crippen molar-refractivity contribution in [3.05, 3.63) is 242 Å². The third-order valence-electron chi connectivity index (χ3n) is 13.8. The second kappa shape index (κ2) is 15.4.